The zero-order valence-electron chi connectivity index (χ0n) is 19.2. The SMILES string of the molecule is CC1(C)[C@@H]2CC[C@@]1(CS(=O)(=O)NC1CCC(Nc3ccnc4cc(Cl)ccc34)CC1)C(=O)C2. The zero-order chi connectivity index (χ0) is 23.4. The first-order valence-corrected chi connectivity index (χ1v) is 14.0. The van der Waals surface area contributed by atoms with E-state index in [1.54, 1.807) is 6.20 Å². The fourth-order valence-electron chi connectivity index (χ4n) is 6.55. The number of nitrogens with one attached hydrogen (secondary N) is 2. The second-order valence-corrected chi connectivity index (χ2v) is 12.9. The number of nitrogens with zero attached hydrogens (tertiary/aromatic N) is 1. The number of hydrogen-bond donors (Lipinski definition) is 2. The lowest BCUT2D eigenvalue weighted by Crippen LogP contribution is -2.48. The summed E-state index contributed by atoms with van der Waals surface area (Å²) in [5, 5.41) is 5.31. The zero-order valence-corrected chi connectivity index (χ0v) is 20.8. The number of halogens is 1. The molecule has 0 unspecified atom stereocenters. The summed E-state index contributed by atoms with van der Waals surface area (Å²) in [6, 6.07) is 7.87. The number of carbonyl (C=O) groups is 1. The number of pyridine rings is 1. The van der Waals surface area contributed by atoms with E-state index >= 15 is 0 Å². The van der Waals surface area contributed by atoms with Gasteiger partial charge in [0.15, 0.2) is 0 Å². The maximum absolute atomic E-state index is 13.1. The monoisotopic (exact) mass is 489 g/mol. The van der Waals surface area contributed by atoms with Crippen molar-refractivity contribution in [2.24, 2.45) is 16.7 Å². The molecule has 2 bridgehead atoms. The van der Waals surface area contributed by atoms with Gasteiger partial charge in [-0.3, -0.25) is 9.78 Å². The van der Waals surface area contributed by atoms with E-state index in [4.69, 9.17) is 11.6 Å². The predicted molar refractivity (Wildman–Crippen MR) is 132 cm³/mol. The molecule has 2 aromatic rings. The van der Waals surface area contributed by atoms with Crippen LogP contribution in [0.5, 0.6) is 0 Å². The van der Waals surface area contributed by atoms with Gasteiger partial charge in [-0.2, -0.15) is 0 Å². The second kappa shape index (κ2) is 8.21. The molecule has 3 saturated carbocycles. The van der Waals surface area contributed by atoms with Crippen LogP contribution in [0, 0.1) is 16.7 Å². The van der Waals surface area contributed by atoms with E-state index in [-0.39, 0.29) is 29.0 Å². The van der Waals surface area contributed by atoms with Crippen LogP contribution >= 0.6 is 11.6 Å². The quantitative estimate of drug-likeness (QED) is 0.600. The molecule has 178 valence electrons. The number of hydrogen-bond acceptors (Lipinski definition) is 5. The summed E-state index contributed by atoms with van der Waals surface area (Å²) in [5.41, 5.74) is 0.926. The molecular weight excluding hydrogens is 458 g/mol. The Labute approximate surface area is 200 Å². The van der Waals surface area contributed by atoms with Gasteiger partial charge < -0.3 is 5.32 Å². The lowest BCUT2D eigenvalue weighted by molar-refractivity contribution is -0.128. The average molecular weight is 490 g/mol. The van der Waals surface area contributed by atoms with Crippen LogP contribution < -0.4 is 10.0 Å². The standard InChI is InChI=1S/C25H32ClN3O3S/c1-24(2)16-9-11-25(24,23(30)13-16)15-33(31,32)29-19-6-4-18(5-7-19)28-21-10-12-27-22-14-17(26)3-8-20(21)22/h3,8,10,12,14,16,18-19,29H,4-7,9,11,13,15H2,1-2H3,(H,27,28)/t16-,18?,19?,25-/m1/s1. The summed E-state index contributed by atoms with van der Waals surface area (Å²) < 4.78 is 29.2. The van der Waals surface area contributed by atoms with Crippen molar-refractivity contribution in [1.29, 1.82) is 0 Å². The minimum atomic E-state index is -3.53. The Balaban J connectivity index is 1.20. The summed E-state index contributed by atoms with van der Waals surface area (Å²) in [4.78, 5) is 17.2. The molecule has 8 heteroatoms. The highest BCUT2D eigenvalue weighted by Gasteiger charge is 2.65. The largest absolute Gasteiger partial charge is 0.382 e. The number of Topliss-reactive ketones (excluding diaryl/α,β-unsaturated/α-hetero) is 1. The van der Waals surface area contributed by atoms with E-state index in [0.29, 0.717) is 23.8 Å². The number of anilines is 1. The molecule has 6 nitrogen and oxygen atoms in total. The molecule has 33 heavy (non-hydrogen) atoms. The van der Waals surface area contributed by atoms with E-state index in [0.717, 1.165) is 48.7 Å². The van der Waals surface area contributed by atoms with Crippen molar-refractivity contribution in [2.45, 2.75) is 70.9 Å². The Kier molecular flexibility index (Phi) is 5.73. The normalized spacial score (nSPS) is 31.2. The van der Waals surface area contributed by atoms with Gasteiger partial charge in [0.25, 0.3) is 0 Å². The second-order valence-electron chi connectivity index (χ2n) is 10.8. The summed E-state index contributed by atoms with van der Waals surface area (Å²) in [6.07, 6.45) is 7.28. The topological polar surface area (TPSA) is 88.2 Å². The molecule has 0 amide bonds. The highest BCUT2D eigenvalue weighted by molar-refractivity contribution is 7.89. The lowest BCUT2D eigenvalue weighted by atomic mass is 9.70. The lowest BCUT2D eigenvalue weighted by Gasteiger charge is -2.37. The van der Waals surface area contributed by atoms with Crippen molar-refractivity contribution in [3.05, 3.63) is 35.5 Å². The van der Waals surface area contributed by atoms with Crippen LogP contribution in [0.25, 0.3) is 10.9 Å². The van der Waals surface area contributed by atoms with Crippen LogP contribution in [0.4, 0.5) is 5.69 Å². The molecule has 3 aliphatic carbocycles. The molecule has 0 saturated heterocycles. The van der Waals surface area contributed by atoms with Crippen LogP contribution in [0.3, 0.4) is 0 Å². The van der Waals surface area contributed by atoms with Gasteiger partial charge in [-0.15, -0.1) is 0 Å². The first-order valence-electron chi connectivity index (χ1n) is 11.9. The van der Waals surface area contributed by atoms with E-state index in [1.807, 2.05) is 24.3 Å². The molecule has 1 aromatic carbocycles. The Morgan fingerprint density at radius 3 is 2.48 bits per heavy atom. The maximum Gasteiger partial charge on any atom is 0.212 e. The minimum Gasteiger partial charge on any atom is -0.382 e. The van der Waals surface area contributed by atoms with Gasteiger partial charge in [-0.05, 0) is 74.1 Å². The van der Waals surface area contributed by atoms with Crippen LogP contribution in [0.1, 0.15) is 58.8 Å². The van der Waals surface area contributed by atoms with E-state index in [9.17, 15) is 13.2 Å². The summed E-state index contributed by atoms with van der Waals surface area (Å²) >= 11 is 6.09. The Morgan fingerprint density at radius 2 is 1.82 bits per heavy atom. The number of sulfonamides is 1. The smallest absolute Gasteiger partial charge is 0.212 e. The Hall–Kier alpha value is -1.70. The van der Waals surface area contributed by atoms with Crippen LogP contribution in [-0.4, -0.2) is 37.0 Å². The highest BCUT2D eigenvalue weighted by Crippen LogP contribution is 2.64. The summed E-state index contributed by atoms with van der Waals surface area (Å²) in [5.74, 6) is 0.404. The number of fused-ring (bicyclic) bond motifs is 3. The molecule has 2 atom stereocenters. The highest BCUT2D eigenvalue weighted by atomic mass is 35.5. The van der Waals surface area contributed by atoms with Crippen molar-refractivity contribution in [3.63, 3.8) is 0 Å². The van der Waals surface area contributed by atoms with Crippen molar-refractivity contribution < 1.29 is 13.2 Å². The average Bonchev–Trinajstić information content (AvgIpc) is 3.09. The van der Waals surface area contributed by atoms with Crippen LogP contribution in [0.15, 0.2) is 30.5 Å². The molecule has 0 spiro atoms. The fourth-order valence-corrected chi connectivity index (χ4v) is 8.87. The molecular formula is C25H32ClN3O3S. The third kappa shape index (κ3) is 4.06. The third-order valence-corrected chi connectivity index (χ3v) is 10.5. The molecule has 1 aromatic heterocycles. The molecule has 0 radical (unpaired) electrons. The molecule has 1 heterocycles. The number of ketones is 1. The Morgan fingerprint density at radius 1 is 1.09 bits per heavy atom. The van der Waals surface area contributed by atoms with Gasteiger partial charge in [-0.1, -0.05) is 25.4 Å². The van der Waals surface area contributed by atoms with Gasteiger partial charge >= 0.3 is 0 Å². The Bertz CT molecular complexity index is 1190. The third-order valence-electron chi connectivity index (χ3n) is 8.71. The van der Waals surface area contributed by atoms with Crippen LogP contribution in [-0.2, 0) is 14.8 Å². The summed E-state index contributed by atoms with van der Waals surface area (Å²) in [7, 11) is -3.53. The molecule has 0 aliphatic heterocycles. The van der Waals surface area contributed by atoms with Gasteiger partial charge in [0.05, 0.1) is 11.3 Å². The fraction of sp³-hybridized carbons (Fsp3) is 0.600. The predicted octanol–water partition coefficient (Wildman–Crippen LogP) is 4.93. The van der Waals surface area contributed by atoms with Crippen molar-refractivity contribution >= 4 is 44.0 Å². The minimum absolute atomic E-state index is 0.0634. The number of rotatable bonds is 6. The first-order chi connectivity index (χ1) is 15.6. The van der Waals surface area contributed by atoms with Crippen molar-refractivity contribution in [1.82, 2.24) is 9.71 Å². The maximum atomic E-state index is 13.1. The molecule has 5 rings (SSSR count). The molecule has 2 N–H and O–H groups in total. The van der Waals surface area contributed by atoms with Gasteiger partial charge in [0.2, 0.25) is 10.0 Å². The molecule has 3 aliphatic rings. The number of aromatic nitrogens is 1. The van der Waals surface area contributed by atoms with Crippen LogP contribution in [0.2, 0.25) is 5.02 Å². The van der Waals surface area contributed by atoms with Gasteiger partial charge in [0.1, 0.15) is 5.78 Å². The van der Waals surface area contributed by atoms with E-state index < -0.39 is 15.4 Å². The van der Waals surface area contributed by atoms with Gasteiger partial charge in [-0.25, -0.2) is 13.1 Å². The van der Waals surface area contributed by atoms with Gasteiger partial charge in [0, 0.05) is 46.2 Å². The van der Waals surface area contributed by atoms with Crippen molar-refractivity contribution in [2.75, 3.05) is 11.1 Å². The van der Waals surface area contributed by atoms with E-state index in [2.05, 4.69) is 28.9 Å². The summed E-state index contributed by atoms with van der Waals surface area (Å²) in [6.45, 7) is 4.16. The molecule has 3 fully saturated rings. The number of carbonyl (C=O) groups excluding carboxylic acids is 1. The van der Waals surface area contributed by atoms with Crippen molar-refractivity contribution in [3.8, 4) is 0 Å². The number of benzene rings is 1. The first kappa shape index (κ1) is 23.1. The van der Waals surface area contributed by atoms with E-state index in [1.165, 1.54) is 0 Å².